The average Bonchev–Trinajstić information content (AvgIpc) is 2.17. The fraction of sp³-hybridized carbons (Fsp3) is 0.100. The minimum absolute atomic E-state index is 0.214. The Morgan fingerprint density at radius 3 is 2.53 bits per heavy atom. The van der Waals surface area contributed by atoms with Gasteiger partial charge in [0.15, 0.2) is 0 Å². The summed E-state index contributed by atoms with van der Waals surface area (Å²) in [4.78, 5) is 10.4. The number of alkyl halides is 3. The van der Waals surface area contributed by atoms with Gasteiger partial charge in [0, 0.05) is 6.08 Å². The summed E-state index contributed by atoms with van der Waals surface area (Å²) in [5.41, 5.74) is 5.29. The van der Waals surface area contributed by atoms with Gasteiger partial charge in [-0.05, 0) is 23.8 Å². The third kappa shape index (κ3) is 4.78. The first-order valence-electron chi connectivity index (χ1n) is 4.31. The van der Waals surface area contributed by atoms with Gasteiger partial charge >= 0.3 is 6.36 Å². The maximum atomic E-state index is 11.9. The molecule has 2 N–H and O–H groups in total. The van der Waals surface area contributed by atoms with Gasteiger partial charge in [-0.25, -0.2) is 0 Å². The van der Waals surface area contributed by atoms with E-state index in [4.69, 9.17) is 17.3 Å². The number of rotatable bonds is 3. The largest absolute Gasteiger partial charge is 0.573 e. The number of carbonyl (C=O) groups is 1. The van der Waals surface area contributed by atoms with Gasteiger partial charge in [0.1, 0.15) is 5.75 Å². The summed E-state index contributed by atoms with van der Waals surface area (Å²) in [6.45, 7) is 0. The van der Waals surface area contributed by atoms with Crippen LogP contribution in [0.1, 0.15) is 5.56 Å². The third-order valence-corrected chi connectivity index (χ3v) is 1.92. The SMILES string of the molecule is NC(=O)/C=C\c1ccc(OC(F)(F)F)c(Cl)c1. The number of ether oxygens (including phenoxy) is 1. The highest BCUT2D eigenvalue weighted by atomic mass is 35.5. The van der Waals surface area contributed by atoms with Crippen LogP contribution in [0, 0.1) is 0 Å². The molecule has 0 fully saturated rings. The molecule has 0 aliphatic rings. The van der Waals surface area contributed by atoms with Crippen molar-refractivity contribution in [2.45, 2.75) is 6.36 Å². The van der Waals surface area contributed by atoms with Crippen molar-refractivity contribution in [3.63, 3.8) is 0 Å². The van der Waals surface area contributed by atoms with Gasteiger partial charge in [-0.2, -0.15) is 0 Å². The van der Waals surface area contributed by atoms with E-state index in [9.17, 15) is 18.0 Å². The molecule has 0 radical (unpaired) electrons. The minimum atomic E-state index is -4.80. The van der Waals surface area contributed by atoms with Gasteiger partial charge in [-0.15, -0.1) is 13.2 Å². The number of amides is 1. The summed E-state index contributed by atoms with van der Waals surface area (Å²) in [5, 5.41) is -0.214. The van der Waals surface area contributed by atoms with Crippen LogP contribution in [0.2, 0.25) is 5.02 Å². The molecule has 1 aromatic carbocycles. The lowest BCUT2D eigenvalue weighted by atomic mass is 10.2. The maximum absolute atomic E-state index is 11.9. The molecular weight excluding hydrogens is 259 g/mol. The number of primary amides is 1. The van der Waals surface area contributed by atoms with Crippen molar-refractivity contribution in [3.05, 3.63) is 34.9 Å². The molecule has 0 aromatic heterocycles. The molecule has 0 atom stereocenters. The van der Waals surface area contributed by atoms with Crippen LogP contribution in [0.15, 0.2) is 24.3 Å². The zero-order chi connectivity index (χ0) is 13.1. The van der Waals surface area contributed by atoms with Gasteiger partial charge < -0.3 is 10.5 Å². The van der Waals surface area contributed by atoms with Crippen molar-refractivity contribution in [2.75, 3.05) is 0 Å². The predicted octanol–water partition coefficient (Wildman–Crippen LogP) is 2.74. The summed E-state index contributed by atoms with van der Waals surface area (Å²) in [6.07, 6.45) is -2.41. The molecule has 1 amide bonds. The molecule has 17 heavy (non-hydrogen) atoms. The molecule has 0 saturated carbocycles. The van der Waals surface area contributed by atoms with Crippen LogP contribution in [0.3, 0.4) is 0 Å². The highest BCUT2D eigenvalue weighted by Gasteiger charge is 2.31. The fourth-order valence-electron chi connectivity index (χ4n) is 1.01. The fourth-order valence-corrected chi connectivity index (χ4v) is 1.23. The summed E-state index contributed by atoms with van der Waals surface area (Å²) in [7, 11) is 0. The molecule has 0 aliphatic carbocycles. The lowest BCUT2D eigenvalue weighted by molar-refractivity contribution is -0.274. The van der Waals surface area contributed by atoms with Crippen molar-refractivity contribution < 1.29 is 22.7 Å². The molecule has 0 spiro atoms. The molecule has 7 heteroatoms. The molecule has 92 valence electrons. The summed E-state index contributed by atoms with van der Waals surface area (Å²) in [6, 6.07) is 3.59. The van der Waals surface area contributed by atoms with E-state index in [0.29, 0.717) is 5.56 Å². The van der Waals surface area contributed by atoms with Crippen molar-refractivity contribution in [2.24, 2.45) is 5.73 Å². The first-order chi connectivity index (χ1) is 7.78. The van der Waals surface area contributed by atoms with E-state index in [1.54, 1.807) is 0 Å². The second-order valence-electron chi connectivity index (χ2n) is 2.97. The van der Waals surface area contributed by atoms with E-state index >= 15 is 0 Å². The van der Waals surface area contributed by atoms with E-state index in [0.717, 1.165) is 12.1 Å². The van der Waals surface area contributed by atoms with Crippen molar-refractivity contribution >= 4 is 23.6 Å². The van der Waals surface area contributed by atoms with E-state index in [-0.39, 0.29) is 5.02 Å². The highest BCUT2D eigenvalue weighted by Crippen LogP contribution is 2.30. The predicted molar refractivity (Wildman–Crippen MR) is 56.4 cm³/mol. The monoisotopic (exact) mass is 265 g/mol. The molecule has 0 aliphatic heterocycles. The Hall–Kier alpha value is -1.69. The zero-order valence-corrected chi connectivity index (χ0v) is 9.05. The summed E-state index contributed by atoms with van der Waals surface area (Å²) >= 11 is 5.58. The normalized spacial score (nSPS) is 11.8. The number of hydrogen-bond acceptors (Lipinski definition) is 2. The standard InChI is InChI=1S/C10H7ClF3NO2/c11-7-5-6(2-4-9(15)16)1-3-8(7)17-10(12,13)14/h1-5H,(H2,15,16)/b4-2-. The van der Waals surface area contributed by atoms with Crippen LogP contribution in [0.25, 0.3) is 6.08 Å². The number of halogens is 4. The number of nitrogens with two attached hydrogens (primary N) is 1. The molecule has 3 nitrogen and oxygen atoms in total. The lowest BCUT2D eigenvalue weighted by Crippen LogP contribution is -2.17. The Morgan fingerprint density at radius 2 is 2.06 bits per heavy atom. The van der Waals surface area contributed by atoms with Crippen molar-refractivity contribution in [1.29, 1.82) is 0 Å². The molecule has 0 saturated heterocycles. The highest BCUT2D eigenvalue weighted by molar-refractivity contribution is 6.32. The topological polar surface area (TPSA) is 52.3 Å². The maximum Gasteiger partial charge on any atom is 0.573 e. The summed E-state index contributed by atoms with van der Waals surface area (Å²) < 4.78 is 39.4. The number of carbonyl (C=O) groups excluding carboxylic acids is 1. The van der Waals surface area contributed by atoms with Gasteiger partial charge in [0.25, 0.3) is 0 Å². The van der Waals surface area contributed by atoms with E-state index in [1.165, 1.54) is 18.2 Å². The lowest BCUT2D eigenvalue weighted by Gasteiger charge is -2.10. The van der Waals surface area contributed by atoms with Crippen molar-refractivity contribution in [3.8, 4) is 5.75 Å². The van der Waals surface area contributed by atoms with E-state index in [1.807, 2.05) is 0 Å². The molecule has 0 heterocycles. The Labute approximate surface area is 99.6 Å². The number of hydrogen-bond donors (Lipinski definition) is 1. The summed E-state index contributed by atoms with van der Waals surface area (Å²) in [5.74, 6) is -1.17. The second-order valence-corrected chi connectivity index (χ2v) is 3.38. The van der Waals surface area contributed by atoms with Crippen LogP contribution < -0.4 is 10.5 Å². The van der Waals surface area contributed by atoms with Crippen molar-refractivity contribution in [1.82, 2.24) is 0 Å². The van der Waals surface area contributed by atoms with Crippen LogP contribution in [0.5, 0.6) is 5.75 Å². The Balaban J connectivity index is 2.90. The van der Waals surface area contributed by atoms with Crippen LogP contribution in [0.4, 0.5) is 13.2 Å². The Kier molecular flexibility index (Phi) is 4.01. The minimum Gasteiger partial charge on any atom is -0.404 e. The average molecular weight is 266 g/mol. The van der Waals surface area contributed by atoms with Gasteiger partial charge in [0.05, 0.1) is 5.02 Å². The van der Waals surface area contributed by atoms with Crippen LogP contribution in [-0.2, 0) is 4.79 Å². The molecule has 0 unspecified atom stereocenters. The molecular formula is C10H7ClF3NO2. The second kappa shape index (κ2) is 5.09. The van der Waals surface area contributed by atoms with E-state index in [2.05, 4.69) is 4.74 Å². The zero-order valence-electron chi connectivity index (χ0n) is 8.29. The van der Waals surface area contributed by atoms with E-state index < -0.39 is 18.0 Å². The number of benzene rings is 1. The molecule has 1 rings (SSSR count). The Bertz CT molecular complexity index is 457. The van der Waals surface area contributed by atoms with Gasteiger partial charge in [0.2, 0.25) is 5.91 Å². The molecule has 0 bridgehead atoms. The first-order valence-corrected chi connectivity index (χ1v) is 4.68. The van der Waals surface area contributed by atoms with Gasteiger partial charge in [-0.3, -0.25) is 4.79 Å². The van der Waals surface area contributed by atoms with Crippen LogP contribution >= 0.6 is 11.6 Å². The third-order valence-electron chi connectivity index (χ3n) is 1.62. The Morgan fingerprint density at radius 1 is 1.41 bits per heavy atom. The van der Waals surface area contributed by atoms with Gasteiger partial charge in [-0.1, -0.05) is 17.7 Å². The first kappa shape index (κ1) is 13.4. The smallest absolute Gasteiger partial charge is 0.404 e. The van der Waals surface area contributed by atoms with Crippen LogP contribution in [-0.4, -0.2) is 12.3 Å². The quantitative estimate of drug-likeness (QED) is 0.855. The molecule has 1 aromatic rings.